The Labute approximate surface area is 114 Å². The average Bonchev–Trinajstić information content (AvgIpc) is 2.30. The molecule has 0 unspecified atom stereocenters. The molecule has 0 spiro atoms. The van der Waals surface area contributed by atoms with Crippen molar-refractivity contribution in [2.75, 3.05) is 13.2 Å². The highest BCUT2D eigenvalue weighted by Gasteiger charge is 2.15. The summed E-state index contributed by atoms with van der Waals surface area (Å²) in [4.78, 5) is 12.5. The van der Waals surface area contributed by atoms with Gasteiger partial charge < -0.3 is 4.74 Å². The molecule has 0 radical (unpaired) electrons. The van der Waals surface area contributed by atoms with E-state index in [9.17, 15) is 4.79 Å². The van der Waals surface area contributed by atoms with Crippen LogP contribution in [0.1, 0.15) is 30.1 Å². The lowest BCUT2D eigenvalue weighted by Crippen LogP contribution is -2.17. The number of Topliss-reactive ketones (excluding diaryl/α,β-unsaturated/α-hetero) is 1. The third-order valence-corrected chi connectivity index (χ3v) is 4.78. The Morgan fingerprint density at radius 3 is 2.71 bits per heavy atom. The summed E-state index contributed by atoms with van der Waals surface area (Å²) in [5.74, 6) is 0.0968. The molecular formula is C13H15BrO2S. The van der Waals surface area contributed by atoms with E-state index in [1.54, 1.807) is 6.92 Å². The van der Waals surface area contributed by atoms with Gasteiger partial charge in [0.05, 0.1) is 0 Å². The van der Waals surface area contributed by atoms with Crippen molar-refractivity contribution < 1.29 is 9.53 Å². The maximum atomic E-state index is 11.3. The monoisotopic (exact) mass is 314 g/mol. The van der Waals surface area contributed by atoms with E-state index in [1.807, 2.05) is 30.0 Å². The second-order valence-electron chi connectivity index (χ2n) is 4.13. The molecule has 1 aliphatic rings. The summed E-state index contributed by atoms with van der Waals surface area (Å²) in [6, 6.07) is 5.96. The van der Waals surface area contributed by atoms with Gasteiger partial charge in [-0.25, -0.2) is 0 Å². The van der Waals surface area contributed by atoms with Gasteiger partial charge in [-0.15, -0.1) is 11.8 Å². The number of benzene rings is 1. The number of carbonyl (C=O) groups excluding carboxylic acids is 1. The lowest BCUT2D eigenvalue weighted by Gasteiger charge is -2.21. The minimum absolute atomic E-state index is 0.0968. The van der Waals surface area contributed by atoms with Gasteiger partial charge in [-0.3, -0.25) is 4.79 Å². The highest BCUT2D eigenvalue weighted by atomic mass is 79.9. The molecule has 1 fully saturated rings. The Bertz CT molecular complexity index is 414. The molecule has 1 heterocycles. The summed E-state index contributed by atoms with van der Waals surface area (Å²) in [6.45, 7) is 3.32. The number of rotatable bonds is 3. The van der Waals surface area contributed by atoms with E-state index in [4.69, 9.17) is 4.74 Å². The molecule has 0 bridgehead atoms. The van der Waals surface area contributed by atoms with Crippen molar-refractivity contribution in [2.24, 2.45) is 0 Å². The Kier molecular flexibility index (Phi) is 4.65. The smallest absolute Gasteiger partial charge is 0.160 e. The fraction of sp³-hybridized carbons (Fsp3) is 0.462. The van der Waals surface area contributed by atoms with Crippen LogP contribution in [-0.2, 0) is 4.74 Å². The maximum Gasteiger partial charge on any atom is 0.160 e. The van der Waals surface area contributed by atoms with Crippen LogP contribution >= 0.6 is 27.7 Å². The number of ether oxygens (including phenoxy) is 1. The first-order valence-corrected chi connectivity index (χ1v) is 7.39. The minimum Gasteiger partial charge on any atom is -0.381 e. The molecule has 17 heavy (non-hydrogen) atoms. The van der Waals surface area contributed by atoms with Crippen LogP contribution in [-0.4, -0.2) is 24.2 Å². The van der Waals surface area contributed by atoms with E-state index in [-0.39, 0.29) is 5.78 Å². The molecule has 1 aliphatic heterocycles. The molecule has 1 aromatic rings. The van der Waals surface area contributed by atoms with Crippen molar-refractivity contribution in [3.05, 3.63) is 28.2 Å². The zero-order valence-corrected chi connectivity index (χ0v) is 12.1. The molecule has 2 rings (SSSR count). The standard InChI is InChI=1S/C13H15BrO2S/c1-9(15)12-3-2-11(8-13(12)14)17-10-4-6-16-7-5-10/h2-3,8,10H,4-7H2,1H3. The zero-order chi connectivity index (χ0) is 12.3. The molecule has 1 saturated heterocycles. The van der Waals surface area contributed by atoms with Crippen molar-refractivity contribution in [1.29, 1.82) is 0 Å². The predicted molar refractivity (Wildman–Crippen MR) is 73.8 cm³/mol. The van der Waals surface area contributed by atoms with Crippen LogP contribution in [0.5, 0.6) is 0 Å². The van der Waals surface area contributed by atoms with Crippen LogP contribution in [0, 0.1) is 0 Å². The van der Waals surface area contributed by atoms with Crippen molar-refractivity contribution in [1.82, 2.24) is 0 Å². The summed E-state index contributed by atoms with van der Waals surface area (Å²) in [6.07, 6.45) is 2.22. The number of halogens is 1. The van der Waals surface area contributed by atoms with Crippen LogP contribution in [0.3, 0.4) is 0 Å². The Morgan fingerprint density at radius 2 is 2.12 bits per heavy atom. The molecular weight excluding hydrogens is 300 g/mol. The minimum atomic E-state index is 0.0968. The van der Waals surface area contributed by atoms with Crippen molar-refractivity contribution >= 4 is 33.5 Å². The van der Waals surface area contributed by atoms with E-state index in [2.05, 4.69) is 15.9 Å². The molecule has 0 N–H and O–H groups in total. The second kappa shape index (κ2) is 6.03. The van der Waals surface area contributed by atoms with Crippen LogP contribution in [0.2, 0.25) is 0 Å². The highest BCUT2D eigenvalue weighted by Crippen LogP contribution is 2.32. The Balaban J connectivity index is 2.06. The first kappa shape index (κ1) is 13.1. The van der Waals surface area contributed by atoms with Gasteiger partial charge in [0.2, 0.25) is 0 Å². The van der Waals surface area contributed by atoms with Gasteiger partial charge in [-0.05, 0) is 38.0 Å². The molecule has 92 valence electrons. The van der Waals surface area contributed by atoms with Crippen molar-refractivity contribution in [2.45, 2.75) is 29.9 Å². The fourth-order valence-electron chi connectivity index (χ4n) is 1.84. The molecule has 1 aromatic carbocycles. The zero-order valence-electron chi connectivity index (χ0n) is 9.74. The van der Waals surface area contributed by atoms with E-state index in [1.165, 1.54) is 4.90 Å². The fourth-order valence-corrected chi connectivity index (χ4v) is 3.80. The Morgan fingerprint density at radius 1 is 1.41 bits per heavy atom. The molecule has 0 aliphatic carbocycles. The van der Waals surface area contributed by atoms with E-state index < -0.39 is 0 Å². The summed E-state index contributed by atoms with van der Waals surface area (Å²) in [5, 5.41) is 0.638. The first-order chi connectivity index (χ1) is 8.16. The number of carbonyl (C=O) groups is 1. The molecule has 2 nitrogen and oxygen atoms in total. The van der Waals surface area contributed by atoms with Gasteiger partial charge in [-0.2, -0.15) is 0 Å². The van der Waals surface area contributed by atoms with Gasteiger partial charge in [0.15, 0.2) is 5.78 Å². The van der Waals surface area contributed by atoms with Crippen LogP contribution in [0.4, 0.5) is 0 Å². The van der Waals surface area contributed by atoms with Gasteiger partial charge in [0, 0.05) is 33.4 Å². The van der Waals surface area contributed by atoms with E-state index in [0.29, 0.717) is 5.25 Å². The summed E-state index contributed by atoms with van der Waals surface area (Å²) < 4.78 is 6.24. The number of thioether (sulfide) groups is 1. The van der Waals surface area contributed by atoms with Crippen molar-refractivity contribution in [3.63, 3.8) is 0 Å². The molecule has 0 amide bonds. The van der Waals surface area contributed by atoms with Crippen LogP contribution in [0.15, 0.2) is 27.6 Å². The normalized spacial score (nSPS) is 17.1. The van der Waals surface area contributed by atoms with Crippen molar-refractivity contribution in [3.8, 4) is 0 Å². The lowest BCUT2D eigenvalue weighted by molar-refractivity contribution is 0.1000. The van der Waals surface area contributed by atoms with Crippen LogP contribution in [0.25, 0.3) is 0 Å². The predicted octanol–water partition coefficient (Wildman–Crippen LogP) is 3.92. The topological polar surface area (TPSA) is 26.3 Å². The highest BCUT2D eigenvalue weighted by molar-refractivity contribution is 9.10. The molecule has 4 heteroatoms. The first-order valence-electron chi connectivity index (χ1n) is 5.71. The maximum absolute atomic E-state index is 11.3. The largest absolute Gasteiger partial charge is 0.381 e. The number of ketones is 1. The van der Waals surface area contributed by atoms with Crippen LogP contribution < -0.4 is 0 Å². The molecule has 0 saturated carbocycles. The molecule has 0 aromatic heterocycles. The number of hydrogen-bond acceptors (Lipinski definition) is 3. The van der Waals surface area contributed by atoms with Gasteiger partial charge in [0.1, 0.15) is 0 Å². The summed E-state index contributed by atoms with van der Waals surface area (Å²) >= 11 is 5.33. The quantitative estimate of drug-likeness (QED) is 0.791. The third-order valence-electron chi connectivity index (χ3n) is 2.79. The summed E-state index contributed by atoms with van der Waals surface area (Å²) in [7, 11) is 0. The SMILES string of the molecule is CC(=O)c1ccc(SC2CCOCC2)cc1Br. The molecule has 0 atom stereocenters. The second-order valence-corrected chi connectivity index (χ2v) is 6.36. The number of hydrogen-bond donors (Lipinski definition) is 0. The van der Waals surface area contributed by atoms with E-state index in [0.717, 1.165) is 36.1 Å². The van der Waals surface area contributed by atoms with Gasteiger partial charge >= 0.3 is 0 Å². The third kappa shape index (κ3) is 3.57. The van der Waals surface area contributed by atoms with Gasteiger partial charge in [0.25, 0.3) is 0 Å². The van der Waals surface area contributed by atoms with E-state index >= 15 is 0 Å². The summed E-state index contributed by atoms with van der Waals surface area (Å²) in [5.41, 5.74) is 0.751. The lowest BCUT2D eigenvalue weighted by atomic mass is 10.1. The van der Waals surface area contributed by atoms with Gasteiger partial charge in [-0.1, -0.05) is 15.9 Å². The average molecular weight is 315 g/mol. The Hall–Kier alpha value is -0.320.